The number of ether oxygens (including phenoxy) is 1. The molecule has 1 atom stereocenters. The molecular weight excluding hydrogens is 298 g/mol. The second-order valence-electron chi connectivity index (χ2n) is 6.39. The first-order chi connectivity index (χ1) is 10.8. The highest BCUT2D eigenvalue weighted by molar-refractivity contribution is 5.86. The minimum Gasteiger partial charge on any atom is -0.450 e. The number of alkyl carbamates (subject to hydrolysis) is 1. The number of amides is 3. The first-order valence-electron chi connectivity index (χ1n) is 8.28. The van der Waals surface area contributed by atoms with E-state index in [0.717, 1.165) is 0 Å². The third-order valence-corrected chi connectivity index (χ3v) is 3.88. The van der Waals surface area contributed by atoms with Crippen molar-refractivity contribution in [2.24, 2.45) is 11.8 Å². The first kappa shape index (κ1) is 19.3. The smallest absolute Gasteiger partial charge is 0.407 e. The van der Waals surface area contributed by atoms with Crippen LogP contribution in [-0.4, -0.2) is 66.5 Å². The van der Waals surface area contributed by atoms with Gasteiger partial charge in [-0.2, -0.15) is 0 Å². The minimum atomic E-state index is -0.610. The van der Waals surface area contributed by atoms with Crippen molar-refractivity contribution in [1.82, 2.24) is 15.1 Å². The Hall–Kier alpha value is -1.79. The van der Waals surface area contributed by atoms with Gasteiger partial charge in [0.1, 0.15) is 6.04 Å². The van der Waals surface area contributed by atoms with E-state index >= 15 is 0 Å². The van der Waals surface area contributed by atoms with Crippen LogP contribution in [0.25, 0.3) is 0 Å². The summed E-state index contributed by atoms with van der Waals surface area (Å²) in [4.78, 5) is 39.7. The van der Waals surface area contributed by atoms with E-state index in [0.29, 0.717) is 26.2 Å². The molecular formula is C16H29N3O4. The summed E-state index contributed by atoms with van der Waals surface area (Å²) in [6.45, 7) is 11.5. The summed E-state index contributed by atoms with van der Waals surface area (Å²) in [6.07, 6.45) is -0.576. The van der Waals surface area contributed by atoms with E-state index in [1.807, 2.05) is 27.7 Å². The van der Waals surface area contributed by atoms with Gasteiger partial charge >= 0.3 is 6.09 Å². The Bertz CT molecular complexity index is 429. The van der Waals surface area contributed by atoms with E-state index in [1.54, 1.807) is 16.7 Å². The Labute approximate surface area is 138 Å². The van der Waals surface area contributed by atoms with Crippen molar-refractivity contribution < 1.29 is 19.1 Å². The number of carbonyl (C=O) groups is 3. The molecule has 1 heterocycles. The fourth-order valence-electron chi connectivity index (χ4n) is 2.52. The van der Waals surface area contributed by atoms with E-state index < -0.39 is 12.1 Å². The molecule has 0 spiro atoms. The summed E-state index contributed by atoms with van der Waals surface area (Å²) in [5.41, 5.74) is 0. The molecule has 7 nitrogen and oxygen atoms in total. The molecule has 1 rings (SSSR count). The van der Waals surface area contributed by atoms with Crippen molar-refractivity contribution in [3.63, 3.8) is 0 Å². The monoisotopic (exact) mass is 327 g/mol. The summed E-state index contributed by atoms with van der Waals surface area (Å²) >= 11 is 0. The van der Waals surface area contributed by atoms with E-state index in [4.69, 9.17) is 4.74 Å². The molecule has 1 aliphatic heterocycles. The Balaban J connectivity index is 2.62. The van der Waals surface area contributed by atoms with Crippen molar-refractivity contribution in [3.05, 3.63) is 0 Å². The highest BCUT2D eigenvalue weighted by Gasteiger charge is 2.32. The van der Waals surface area contributed by atoms with E-state index in [-0.39, 0.29) is 30.3 Å². The summed E-state index contributed by atoms with van der Waals surface area (Å²) in [5.74, 6) is -0.0831. The van der Waals surface area contributed by atoms with Crippen LogP contribution in [0, 0.1) is 11.8 Å². The molecule has 0 aromatic rings. The summed E-state index contributed by atoms with van der Waals surface area (Å²) in [6, 6.07) is -0.610. The lowest BCUT2D eigenvalue weighted by Gasteiger charge is -2.37. The maximum Gasteiger partial charge on any atom is 0.407 e. The fraction of sp³-hybridized carbons (Fsp3) is 0.812. The molecule has 0 aromatic carbocycles. The molecule has 132 valence electrons. The molecule has 0 radical (unpaired) electrons. The van der Waals surface area contributed by atoms with Crippen LogP contribution in [0.3, 0.4) is 0 Å². The number of hydrogen-bond donors (Lipinski definition) is 1. The molecule has 1 aliphatic rings. The van der Waals surface area contributed by atoms with Crippen molar-refractivity contribution in [2.75, 3.05) is 32.8 Å². The Kier molecular flexibility index (Phi) is 7.32. The van der Waals surface area contributed by atoms with Crippen LogP contribution in [0.15, 0.2) is 0 Å². The maximum atomic E-state index is 12.6. The van der Waals surface area contributed by atoms with Crippen molar-refractivity contribution in [1.29, 1.82) is 0 Å². The zero-order chi connectivity index (χ0) is 17.6. The zero-order valence-electron chi connectivity index (χ0n) is 14.8. The maximum absolute atomic E-state index is 12.6. The second-order valence-corrected chi connectivity index (χ2v) is 6.39. The Morgan fingerprint density at radius 3 is 1.83 bits per heavy atom. The molecule has 3 amide bonds. The molecule has 1 fully saturated rings. The minimum absolute atomic E-state index is 0.0360. The van der Waals surface area contributed by atoms with Gasteiger partial charge in [-0.1, -0.05) is 27.7 Å². The molecule has 0 saturated carbocycles. The van der Waals surface area contributed by atoms with Crippen LogP contribution in [-0.2, 0) is 14.3 Å². The number of carbonyl (C=O) groups excluding carboxylic acids is 3. The number of nitrogens with zero attached hydrogens (tertiary/aromatic N) is 2. The summed E-state index contributed by atoms with van der Waals surface area (Å²) < 4.78 is 4.86. The molecule has 1 N–H and O–H groups in total. The molecule has 0 bridgehead atoms. The Morgan fingerprint density at radius 2 is 1.43 bits per heavy atom. The van der Waals surface area contributed by atoms with Crippen molar-refractivity contribution in [2.45, 2.75) is 40.7 Å². The van der Waals surface area contributed by atoms with Crippen LogP contribution in [0.1, 0.15) is 34.6 Å². The lowest BCUT2D eigenvalue weighted by Crippen LogP contribution is -2.57. The van der Waals surface area contributed by atoms with Gasteiger partial charge < -0.3 is 19.9 Å². The molecule has 1 saturated heterocycles. The van der Waals surface area contributed by atoms with E-state index in [9.17, 15) is 14.4 Å². The molecule has 23 heavy (non-hydrogen) atoms. The van der Waals surface area contributed by atoms with Crippen molar-refractivity contribution >= 4 is 17.9 Å². The number of rotatable bonds is 5. The van der Waals surface area contributed by atoms with Gasteiger partial charge in [-0.3, -0.25) is 9.59 Å². The standard InChI is InChI=1S/C16H29N3O4/c1-6-23-16(22)17-13(11(2)3)15(21)19-9-7-18(8-10-19)14(20)12(4)5/h11-13H,6-10H2,1-5H3,(H,17,22). The van der Waals surface area contributed by atoms with Gasteiger partial charge in [0, 0.05) is 32.1 Å². The first-order valence-corrected chi connectivity index (χ1v) is 8.28. The third kappa shape index (κ3) is 5.41. The largest absolute Gasteiger partial charge is 0.450 e. The Morgan fingerprint density at radius 1 is 0.957 bits per heavy atom. The molecule has 7 heteroatoms. The highest BCUT2D eigenvalue weighted by atomic mass is 16.5. The van der Waals surface area contributed by atoms with Gasteiger partial charge in [0.15, 0.2) is 0 Å². The fourth-order valence-corrected chi connectivity index (χ4v) is 2.52. The average molecular weight is 327 g/mol. The lowest BCUT2D eigenvalue weighted by molar-refractivity contribution is -0.142. The van der Waals surface area contributed by atoms with E-state index in [1.165, 1.54) is 0 Å². The molecule has 1 unspecified atom stereocenters. The van der Waals surface area contributed by atoms with Crippen molar-refractivity contribution in [3.8, 4) is 0 Å². The van der Waals surface area contributed by atoms with E-state index in [2.05, 4.69) is 5.32 Å². The lowest BCUT2D eigenvalue weighted by atomic mass is 10.0. The number of hydrogen-bond acceptors (Lipinski definition) is 4. The number of nitrogens with one attached hydrogen (secondary N) is 1. The average Bonchev–Trinajstić information content (AvgIpc) is 2.51. The topological polar surface area (TPSA) is 79.0 Å². The van der Waals surface area contributed by atoms with Gasteiger partial charge in [0.2, 0.25) is 11.8 Å². The van der Waals surface area contributed by atoms with Crippen LogP contribution in [0.2, 0.25) is 0 Å². The van der Waals surface area contributed by atoms with Gasteiger partial charge in [0.05, 0.1) is 6.61 Å². The number of piperazine rings is 1. The highest BCUT2D eigenvalue weighted by Crippen LogP contribution is 2.12. The van der Waals surface area contributed by atoms with Crippen LogP contribution in [0.4, 0.5) is 4.79 Å². The van der Waals surface area contributed by atoms with Gasteiger partial charge in [-0.15, -0.1) is 0 Å². The van der Waals surface area contributed by atoms with Crippen LogP contribution in [0.5, 0.6) is 0 Å². The van der Waals surface area contributed by atoms with Crippen LogP contribution >= 0.6 is 0 Å². The van der Waals surface area contributed by atoms with Crippen LogP contribution < -0.4 is 5.32 Å². The zero-order valence-corrected chi connectivity index (χ0v) is 14.8. The molecule has 0 aromatic heterocycles. The SMILES string of the molecule is CCOC(=O)NC(C(=O)N1CCN(C(=O)C(C)C)CC1)C(C)C. The summed E-state index contributed by atoms with van der Waals surface area (Å²) in [5, 5.41) is 2.63. The van der Waals surface area contributed by atoms with Gasteiger partial charge in [-0.05, 0) is 12.8 Å². The predicted molar refractivity (Wildman–Crippen MR) is 86.8 cm³/mol. The quantitative estimate of drug-likeness (QED) is 0.819. The normalized spacial score (nSPS) is 16.5. The van der Waals surface area contributed by atoms with Gasteiger partial charge in [-0.25, -0.2) is 4.79 Å². The predicted octanol–water partition coefficient (Wildman–Crippen LogP) is 1.08. The van der Waals surface area contributed by atoms with Gasteiger partial charge in [0.25, 0.3) is 0 Å². The molecule has 0 aliphatic carbocycles. The summed E-state index contributed by atoms with van der Waals surface area (Å²) in [7, 11) is 0. The second kappa shape index (κ2) is 8.74. The third-order valence-electron chi connectivity index (χ3n) is 3.88.